The monoisotopic (exact) mass is 396 g/mol. The molecule has 25 heavy (non-hydrogen) atoms. The second-order valence-electron chi connectivity index (χ2n) is 4.81. The molecule has 0 aromatic heterocycles. The highest BCUT2D eigenvalue weighted by Gasteiger charge is 2.26. The topological polar surface area (TPSA) is 188 Å². The third-order valence-corrected chi connectivity index (χ3v) is 3.54. The van der Waals surface area contributed by atoms with Crippen molar-refractivity contribution < 1.29 is 34.2 Å². The minimum Gasteiger partial charge on any atom is -0.481 e. The van der Waals surface area contributed by atoms with E-state index in [1.54, 1.807) is 0 Å². The molecule has 3 atom stereocenters. The lowest BCUT2D eigenvalue weighted by Crippen LogP contribution is -2.54. The Kier molecular flexibility index (Phi) is 10.6. The van der Waals surface area contributed by atoms with Crippen LogP contribution in [0.3, 0.4) is 0 Å². The van der Waals surface area contributed by atoms with E-state index in [4.69, 9.17) is 15.9 Å². The lowest BCUT2D eigenvalue weighted by atomic mass is 10.1. The van der Waals surface area contributed by atoms with Crippen molar-refractivity contribution in [3.05, 3.63) is 0 Å². The standard InChI is InChI=1S/C12H20N4O7S2/c13-5(3-24)10(20)16-6(1-9(18)19)11(21)14-2-8(17)15-7(4-25)12(22)23/h5-7,24-25H,1-4,13H2,(H,14,21)(H,15,17)(H,16,20)(H,18,19)(H,22,23). The fourth-order valence-corrected chi connectivity index (χ4v) is 1.88. The number of hydrogen-bond acceptors (Lipinski definition) is 8. The summed E-state index contributed by atoms with van der Waals surface area (Å²) in [4.78, 5) is 56.8. The molecule has 0 bridgehead atoms. The SMILES string of the molecule is NC(CS)C(=O)NC(CC(=O)O)C(=O)NCC(=O)NC(CS)C(=O)O. The number of carbonyl (C=O) groups excluding carboxylic acids is 3. The molecule has 0 aromatic carbocycles. The van der Waals surface area contributed by atoms with Gasteiger partial charge in [0.2, 0.25) is 17.7 Å². The summed E-state index contributed by atoms with van der Waals surface area (Å²) >= 11 is 7.58. The summed E-state index contributed by atoms with van der Waals surface area (Å²) in [5.41, 5.74) is 5.42. The number of carboxylic acid groups (broad SMARTS) is 2. The summed E-state index contributed by atoms with van der Waals surface area (Å²) in [5, 5.41) is 23.9. The summed E-state index contributed by atoms with van der Waals surface area (Å²) in [6, 6.07) is -3.73. The molecular weight excluding hydrogens is 376 g/mol. The van der Waals surface area contributed by atoms with Gasteiger partial charge in [0.1, 0.15) is 12.1 Å². The van der Waals surface area contributed by atoms with Crippen LogP contribution in [0.1, 0.15) is 6.42 Å². The third-order valence-electron chi connectivity index (χ3n) is 2.78. The maximum Gasteiger partial charge on any atom is 0.327 e. The molecule has 11 nitrogen and oxygen atoms in total. The van der Waals surface area contributed by atoms with Crippen LogP contribution in [-0.4, -0.2) is 76.0 Å². The fourth-order valence-electron chi connectivity index (χ4n) is 1.47. The molecule has 0 aliphatic carbocycles. The molecule has 142 valence electrons. The normalized spacial score (nSPS) is 13.9. The number of amides is 3. The van der Waals surface area contributed by atoms with Crippen LogP contribution in [0.25, 0.3) is 0 Å². The van der Waals surface area contributed by atoms with Crippen molar-refractivity contribution in [1.29, 1.82) is 0 Å². The summed E-state index contributed by atoms with van der Waals surface area (Å²) in [6.07, 6.45) is -0.729. The Morgan fingerprint density at radius 2 is 1.52 bits per heavy atom. The Balaban J connectivity index is 4.71. The van der Waals surface area contributed by atoms with Gasteiger partial charge >= 0.3 is 11.9 Å². The second kappa shape index (κ2) is 11.5. The van der Waals surface area contributed by atoms with Gasteiger partial charge in [0.05, 0.1) is 19.0 Å². The van der Waals surface area contributed by atoms with Crippen molar-refractivity contribution in [2.45, 2.75) is 24.5 Å². The minimum atomic E-state index is -1.45. The van der Waals surface area contributed by atoms with Crippen LogP contribution in [0.2, 0.25) is 0 Å². The van der Waals surface area contributed by atoms with Crippen molar-refractivity contribution in [3.63, 3.8) is 0 Å². The van der Waals surface area contributed by atoms with Gasteiger partial charge < -0.3 is 31.9 Å². The Labute approximate surface area is 153 Å². The van der Waals surface area contributed by atoms with Crippen LogP contribution < -0.4 is 21.7 Å². The fraction of sp³-hybridized carbons (Fsp3) is 0.583. The smallest absolute Gasteiger partial charge is 0.327 e. The van der Waals surface area contributed by atoms with Crippen molar-refractivity contribution in [1.82, 2.24) is 16.0 Å². The van der Waals surface area contributed by atoms with Crippen LogP contribution in [0.4, 0.5) is 0 Å². The molecule has 0 aliphatic heterocycles. The Bertz CT molecular complexity index is 532. The van der Waals surface area contributed by atoms with Crippen LogP contribution >= 0.6 is 25.3 Å². The quantitative estimate of drug-likeness (QED) is 0.168. The lowest BCUT2D eigenvalue weighted by molar-refractivity contribution is -0.142. The van der Waals surface area contributed by atoms with Gasteiger partial charge in [-0.3, -0.25) is 19.2 Å². The predicted molar refractivity (Wildman–Crippen MR) is 92.4 cm³/mol. The van der Waals surface area contributed by atoms with Crippen LogP contribution in [0.5, 0.6) is 0 Å². The molecule has 0 aromatic rings. The van der Waals surface area contributed by atoms with Crippen molar-refractivity contribution in [3.8, 4) is 0 Å². The molecule has 0 fully saturated rings. The van der Waals surface area contributed by atoms with Gasteiger partial charge in [0.25, 0.3) is 0 Å². The van der Waals surface area contributed by atoms with E-state index in [0.29, 0.717) is 0 Å². The number of carbonyl (C=O) groups is 5. The summed E-state index contributed by atoms with van der Waals surface area (Å²) in [6.45, 7) is -0.610. The highest BCUT2D eigenvalue weighted by Crippen LogP contribution is 1.96. The number of hydrogen-bond donors (Lipinski definition) is 8. The third kappa shape index (κ3) is 9.16. The lowest BCUT2D eigenvalue weighted by Gasteiger charge is -2.19. The van der Waals surface area contributed by atoms with E-state index in [1.807, 2.05) is 0 Å². The first-order valence-corrected chi connectivity index (χ1v) is 8.18. The molecular formula is C12H20N4O7S2. The summed E-state index contributed by atoms with van der Waals surface area (Å²) in [7, 11) is 0. The van der Waals surface area contributed by atoms with Gasteiger partial charge in [0.15, 0.2) is 0 Å². The average molecular weight is 396 g/mol. The predicted octanol–water partition coefficient (Wildman–Crippen LogP) is -3.18. The van der Waals surface area contributed by atoms with E-state index < -0.39 is 60.8 Å². The number of aliphatic carboxylic acids is 2. The van der Waals surface area contributed by atoms with E-state index >= 15 is 0 Å². The molecule has 0 saturated heterocycles. The molecule has 0 heterocycles. The van der Waals surface area contributed by atoms with Gasteiger partial charge in [-0.2, -0.15) is 25.3 Å². The Morgan fingerprint density at radius 3 is 1.96 bits per heavy atom. The maximum absolute atomic E-state index is 12.0. The van der Waals surface area contributed by atoms with Gasteiger partial charge in [-0.1, -0.05) is 0 Å². The number of thiol groups is 2. The van der Waals surface area contributed by atoms with Gasteiger partial charge in [-0.15, -0.1) is 0 Å². The summed E-state index contributed by atoms with van der Waals surface area (Å²) in [5.74, 6) is -5.36. The van der Waals surface area contributed by atoms with Crippen molar-refractivity contribution >= 4 is 54.9 Å². The van der Waals surface area contributed by atoms with Crippen molar-refractivity contribution in [2.24, 2.45) is 5.73 Å². The van der Waals surface area contributed by atoms with Crippen LogP contribution in [-0.2, 0) is 24.0 Å². The zero-order valence-electron chi connectivity index (χ0n) is 13.0. The Hall–Kier alpha value is -1.99. The highest BCUT2D eigenvalue weighted by atomic mass is 32.1. The molecule has 0 rings (SSSR count). The number of rotatable bonds is 11. The molecule has 7 N–H and O–H groups in total. The number of nitrogens with two attached hydrogens (primary N) is 1. The molecule has 3 amide bonds. The van der Waals surface area contributed by atoms with E-state index in [9.17, 15) is 24.0 Å². The molecule has 3 unspecified atom stereocenters. The van der Waals surface area contributed by atoms with E-state index in [0.717, 1.165) is 0 Å². The number of nitrogens with one attached hydrogen (secondary N) is 3. The average Bonchev–Trinajstić information content (AvgIpc) is 2.55. The second-order valence-corrected chi connectivity index (χ2v) is 5.54. The van der Waals surface area contributed by atoms with Crippen LogP contribution in [0, 0.1) is 0 Å². The molecule has 0 radical (unpaired) electrons. The van der Waals surface area contributed by atoms with Crippen molar-refractivity contribution in [2.75, 3.05) is 18.1 Å². The summed E-state index contributed by atoms with van der Waals surface area (Å²) < 4.78 is 0. The zero-order valence-corrected chi connectivity index (χ0v) is 14.8. The largest absolute Gasteiger partial charge is 0.481 e. The van der Waals surface area contributed by atoms with E-state index in [1.165, 1.54) is 0 Å². The van der Waals surface area contributed by atoms with Gasteiger partial charge in [-0.25, -0.2) is 4.79 Å². The molecule has 0 spiro atoms. The first-order valence-electron chi connectivity index (χ1n) is 6.91. The molecule has 0 saturated carbocycles. The van der Waals surface area contributed by atoms with Gasteiger partial charge in [0, 0.05) is 11.5 Å². The molecule has 0 aliphatic rings. The minimum absolute atomic E-state index is 0.0179. The first-order chi connectivity index (χ1) is 11.6. The number of carboxylic acids is 2. The van der Waals surface area contributed by atoms with Gasteiger partial charge in [-0.05, 0) is 0 Å². The van der Waals surface area contributed by atoms with E-state index in [2.05, 4.69) is 41.2 Å². The maximum atomic E-state index is 12.0. The van der Waals surface area contributed by atoms with Crippen LogP contribution in [0.15, 0.2) is 0 Å². The van der Waals surface area contributed by atoms with E-state index in [-0.39, 0.29) is 11.5 Å². The highest BCUT2D eigenvalue weighted by molar-refractivity contribution is 7.80. The zero-order chi connectivity index (χ0) is 19.6. The Morgan fingerprint density at radius 1 is 0.920 bits per heavy atom. The molecule has 13 heteroatoms. The first kappa shape index (κ1) is 23.0.